The van der Waals surface area contributed by atoms with Gasteiger partial charge in [0.2, 0.25) is 0 Å². The van der Waals surface area contributed by atoms with Crippen LogP contribution in [0, 0.1) is 0 Å². The molecule has 7 heteroatoms. The van der Waals surface area contributed by atoms with Crippen LogP contribution in [0.2, 0.25) is 10.0 Å². The molecule has 0 bridgehead atoms. The van der Waals surface area contributed by atoms with Crippen molar-refractivity contribution in [1.82, 2.24) is 10.6 Å². The van der Waals surface area contributed by atoms with E-state index in [9.17, 15) is 4.79 Å². The minimum atomic E-state index is -0.274. The molecule has 21 heavy (non-hydrogen) atoms. The molecule has 1 atom stereocenters. The van der Waals surface area contributed by atoms with Gasteiger partial charge in [0, 0.05) is 29.2 Å². The monoisotopic (exact) mass is 334 g/mol. The molecule has 118 valence electrons. The van der Waals surface area contributed by atoms with Crippen molar-refractivity contribution in [3.05, 3.63) is 33.8 Å². The number of carbonyl (C=O) groups is 1. The Morgan fingerprint density at radius 2 is 2.19 bits per heavy atom. The van der Waals surface area contributed by atoms with Crippen LogP contribution in [0.1, 0.15) is 18.9 Å². The average molecular weight is 335 g/mol. The third-order valence-electron chi connectivity index (χ3n) is 2.74. The maximum absolute atomic E-state index is 11.5. The third kappa shape index (κ3) is 7.52. The van der Waals surface area contributed by atoms with E-state index in [1.165, 1.54) is 0 Å². The highest BCUT2D eigenvalue weighted by molar-refractivity contribution is 6.35. The Labute approximate surface area is 134 Å². The lowest BCUT2D eigenvalue weighted by atomic mass is 10.2. The SMILES string of the molecule is CC(CCO)NC(=O)NCCOCc1ccc(Cl)cc1Cl. The Hall–Kier alpha value is -1.01. The minimum Gasteiger partial charge on any atom is -0.396 e. The zero-order valence-electron chi connectivity index (χ0n) is 11.9. The first-order chi connectivity index (χ1) is 10.0. The van der Waals surface area contributed by atoms with Crippen LogP contribution < -0.4 is 10.6 Å². The minimum absolute atomic E-state index is 0.0480. The second kappa shape index (κ2) is 9.84. The van der Waals surface area contributed by atoms with Crippen molar-refractivity contribution in [3.8, 4) is 0 Å². The normalized spacial score (nSPS) is 12.0. The molecule has 0 aliphatic heterocycles. The fraction of sp³-hybridized carbons (Fsp3) is 0.500. The zero-order chi connectivity index (χ0) is 15.7. The van der Waals surface area contributed by atoms with Gasteiger partial charge in [0.1, 0.15) is 0 Å². The summed E-state index contributed by atoms with van der Waals surface area (Å²) >= 11 is 11.8. The van der Waals surface area contributed by atoms with Crippen molar-refractivity contribution in [1.29, 1.82) is 0 Å². The average Bonchev–Trinajstić information content (AvgIpc) is 2.40. The van der Waals surface area contributed by atoms with Crippen molar-refractivity contribution < 1.29 is 14.6 Å². The standard InChI is InChI=1S/C14H20Cl2N2O3/c1-10(4-6-19)18-14(20)17-5-7-21-9-11-2-3-12(15)8-13(11)16/h2-3,8,10,19H,4-7,9H2,1H3,(H2,17,18,20). The Kier molecular flexibility index (Phi) is 8.45. The Morgan fingerprint density at radius 3 is 2.86 bits per heavy atom. The van der Waals surface area contributed by atoms with Crippen LogP contribution in [-0.2, 0) is 11.3 Å². The highest BCUT2D eigenvalue weighted by Crippen LogP contribution is 2.21. The molecule has 0 saturated carbocycles. The summed E-state index contributed by atoms with van der Waals surface area (Å²) in [6.07, 6.45) is 0.527. The lowest BCUT2D eigenvalue weighted by Crippen LogP contribution is -2.42. The first kappa shape index (κ1) is 18.0. The Bertz CT molecular complexity index is 458. The summed E-state index contributed by atoms with van der Waals surface area (Å²) in [5, 5.41) is 15.3. The number of carbonyl (C=O) groups excluding carboxylic acids is 1. The molecule has 0 heterocycles. The van der Waals surface area contributed by atoms with E-state index in [0.29, 0.717) is 36.2 Å². The number of rotatable bonds is 8. The van der Waals surface area contributed by atoms with Crippen molar-refractivity contribution in [3.63, 3.8) is 0 Å². The number of ether oxygens (including phenoxy) is 1. The number of urea groups is 1. The number of aliphatic hydroxyl groups is 1. The van der Waals surface area contributed by atoms with Gasteiger partial charge in [0.15, 0.2) is 0 Å². The van der Waals surface area contributed by atoms with Crippen LogP contribution in [0.4, 0.5) is 4.79 Å². The van der Waals surface area contributed by atoms with Gasteiger partial charge in [-0.3, -0.25) is 0 Å². The van der Waals surface area contributed by atoms with E-state index in [-0.39, 0.29) is 18.7 Å². The molecular formula is C14H20Cl2N2O3. The fourth-order valence-electron chi connectivity index (χ4n) is 1.60. The number of nitrogens with one attached hydrogen (secondary N) is 2. The maximum atomic E-state index is 11.5. The lowest BCUT2D eigenvalue weighted by molar-refractivity contribution is 0.123. The van der Waals surface area contributed by atoms with E-state index in [1.807, 2.05) is 6.92 Å². The van der Waals surface area contributed by atoms with Gasteiger partial charge < -0.3 is 20.5 Å². The van der Waals surface area contributed by atoms with Gasteiger partial charge in [0.05, 0.1) is 13.2 Å². The van der Waals surface area contributed by atoms with E-state index < -0.39 is 0 Å². The molecule has 1 aromatic rings. The quantitative estimate of drug-likeness (QED) is 0.640. The molecular weight excluding hydrogens is 315 g/mol. The highest BCUT2D eigenvalue weighted by Gasteiger charge is 2.05. The predicted molar refractivity (Wildman–Crippen MR) is 83.8 cm³/mol. The molecule has 0 saturated heterocycles. The Balaban J connectivity index is 2.15. The fourth-order valence-corrected chi connectivity index (χ4v) is 2.06. The van der Waals surface area contributed by atoms with Gasteiger partial charge in [-0.05, 0) is 31.0 Å². The number of amides is 2. The first-order valence-corrected chi connectivity index (χ1v) is 7.45. The highest BCUT2D eigenvalue weighted by atomic mass is 35.5. The number of halogens is 2. The number of hydrogen-bond donors (Lipinski definition) is 3. The molecule has 0 aromatic heterocycles. The van der Waals surface area contributed by atoms with Crippen molar-refractivity contribution in [2.75, 3.05) is 19.8 Å². The topological polar surface area (TPSA) is 70.6 Å². The third-order valence-corrected chi connectivity index (χ3v) is 3.33. The molecule has 3 N–H and O–H groups in total. The van der Waals surface area contributed by atoms with Crippen molar-refractivity contribution in [2.45, 2.75) is 26.0 Å². The molecule has 0 aliphatic carbocycles. The summed E-state index contributed by atoms with van der Waals surface area (Å²) in [6.45, 7) is 3.01. The summed E-state index contributed by atoms with van der Waals surface area (Å²) in [6, 6.07) is 4.88. The maximum Gasteiger partial charge on any atom is 0.315 e. The van der Waals surface area contributed by atoms with E-state index >= 15 is 0 Å². The largest absolute Gasteiger partial charge is 0.396 e. The van der Waals surface area contributed by atoms with E-state index in [4.69, 9.17) is 33.0 Å². The molecule has 0 aliphatic rings. The summed E-state index contributed by atoms with van der Waals surface area (Å²) in [5.74, 6) is 0. The van der Waals surface area contributed by atoms with Crippen molar-refractivity contribution in [2.24, 2.45) is 0 Å². The van der Waals surface area contributed by atoms with E-state index in [0.717, 1.165) is 5.56 Å². The van der Waals surface area contributed by atoms with Gasteiger partial charge in [0.25, 0.3) is 0 Å². The van der Waals surface area contributed by atoms with Crippen LogP contribution in [0.3, 0.4) is 0 Å². The smallest absolute Gasteiger partial charge is 0.315 e. The summed E-state index contributed by atoms with van der Waals surface area (Å²) in [5.41, 5.74) is 0.849. The molecule has 0 radical (unpaired) electrons. The van der Waals surface area contributed by atoms with Gasteiger partial charge >= 0.3 is 6.03 Å². The summed E-state index contributed by atoms with van der Waals surface area (Å²) in [4.78, 5) is 11.5. The van der Waals surface area contributed by atoms with Gasteiger partial charge in [-0.1, -0.05) is 29.3 Å². The van der Waals surface area contributed by atoms with Crippen molar-refractivity contribution >= 4 is 29.2 Å². The second-order valence-corrected chi connectivity index (χ2v) is 5.45. The van der Waals surface area contributed by atoms with Gasteiger partial charge in [-0.2, -0.15) is 0 Å². The number of aliphatic hydroxyl groups excluding tert-OH is 1. The van der Waals surface area contributed by atoms with E-state index in [2.05, 4.69) is 10.6 Å². The molecule has 1 unspecified atom stereocenters. The molecule has 0 fully saturated rings. The Morgan fingerprint density at radius 1 is 1.43 bits per heavy atom. The van der Waals surface area contributed by atoms with Gasteiger partial charge in [-0.15, -0.1) is 0 Å². The molecule has 1 rings (SSSR count). The number of benzene rings is 1. The van der Waals surface area contributed by atoms with Crippen LogP contribution >= 0.6 is 23.2 Å². The van der Waals surface area contributed by atoms with Crippen LogP contribution in [0.25, 0.3) is 0 Å². The van der Waals surface area contributed by atoms with Gasteiger partial charge in [-0.25, -0.2) is 4.79 Å². The lowest BCUT2D eigenvalue weighted by Gasteiger charge is -2.13. The molecule has 1 aromatic carbocycles. The zero-order valence-corrected chi connectivity index (χ0v) is 13.4. The molecule has 5 nitrogen and oxygen atoms in total. The summed E-state index contributed by atoms with van der Waals surface area (Å²) < 4.78 is 5.43. The van der Waals surface area contributed by atoms with Crippen LogP contribution in [0.15, 0.2) is 18.2 Å². The second-order valence-electron chi connectivity index (χ2n) is 4.60. The van der Waals surface area contributed by atoms with Crippen LogP contribution in [-0.4, -0.2) is 36.9 Å². The molecule has 0 spiro atoms. The van der Waals surface area contributed by atoms with E-state index in [1.54, 1.807) is 18.2 Å². The summed E-state index contributed by atoms with van der Waals surface area (Å²) in [7, 11) is 0. The molecule has 2 amide bonds. The predicted octanol–water partition coefficient (Wildman–Crippen LogP) is 2.58. The first-order valence-electron chi connectivity index (χ1n) is 6.70. The number of hydrogen-bond acceptors (Lipinski definition) is 3. The van der Waals surface area contributed by atoms with Crippen LogP contribution in [0.5, 0.6) is 0 Å².